The van der Waals surface area contributed by atoms with E-state index in [1.807, 2.05) is 23.6 Å². The number of hydrogen-bond acceptors (Lipinski definition) is 4. The zero-order chi connectivity index (χ0) is 13.0. The van der Waals surface area contributed by atoms with Gasteiger partial charge in [-0.1, -0.05) is 15.9 Å². The Kier molecular flexibility index (Phi) is 3.95. The zero-order valence-corrected chi connectivity index (χ0v) is 11.5. The van der Waals surface area contributed by atoms with Crippen molar-refractivity contribution in [1.82, 2.24) is 14.8 Å². The minimum Gasteiger partial charge on any atom is -0.377 e. The SMILES string of the molecule is CCn1cnnc1CNc1ccc(Br)cc1C#N. The van der Waals surface area contributed by atoms with Crippen LogP contribution in [0.1, 0.15) is 18.3 Å². The number of halogens is 1. The van der Waals surface area contributed by atoms with Crippen LogP contribution in [0.5, 0.6) is 0 Å². The lowest BCUT2D eigenvalue weighted by atomic mass is 10.2. The monoisotopic (exact) mass is 305 g/mol. The fourth-order valence-electron chi connectivity index (χ4n) is 1.62. The van der Waals surface area contributed by atoms with Crippen molar-refractivity contribution in [2.75, 3.05) is 5.32 Å². The molecule has 0 aliphatic carbocycles. The molecule has 2 rings (SSSR count). The summed E-state index contributed by atoms with van der Waals surface area (Å²) >= 11 is 3.34. The van der Waals surface area contributed by atoms with Crippen molar-refractivity contribution in [2.45, 2.75) is 20.0 Å². The molecule has 0 saturated heterocycles. The Morgan fingerprint density at radius 2 is 2.33 bits per heavy atom. The molecule has 18 heavy (non-hydrogen) atoms. The Morgan fingerprint density at radius 3 is 3.06 bits per heavy atom. The Labute approximate surface area is 114 Å². The molecule has 0 bridgehead atoms. The molecule has 0 spiro atoms. The maximum atomic E-state index is 9.06. The number of rotatable bonds is 4. The molecule has 0 atom stereocenters. The van der Waals surface area contributed by atoms with Crippen molar-refractivity contribution in [3.8, 4) is 6.07 Å². The summed E-state index contributed by atoms with van der Waals surface area (Å²) in [6.07, 6.45) is 1.70. The summed E-state index contributed by atoms with van der Waals surface area (Å²) in [5, 5.41) is 20.2. The summed E-state index contributed by atoms with van der Waals surface area (Å²) in [7, 11) is 0. The second-order valence-electron chi connectivity index (χ2n) is 3.69. The van der Waals surface area contributed by atoms with Crippen LogP contribution in [0.25, 0.3) is 0 Å². The first-order valence-electron chi connectivity index (χ1n) is 5.54. The van der Waals surface area contributed by atoms with E-state index in [2.05, 4.69) is 37.5 Å². The maximum absolute atomic E-state index is 9.06. The highest BCUT2D eigenvalue weighted by Gasteiger charge is 2.05. The number of aromatic nitrogens is 3. The third-order valence-electron chi connectivity index (χ3n) is 2.58. The summed E-state index contributed by atoms with van der Waals surface area (Å²) in [4.78, 5) is 0. The van der Waals surface area contributed by atoms with E-state index in [0.29, 0.717) is 12.1 Å². The van der Waals surface area contributed by atoms with Crippen molar-refractivity contribution in [2.24, 2.45) is 0 Å². The number of aryl methyl sites for hydroxylation is 1. The standard InChI is InChI=1S/C12H12BrN5/c1-2-18-8-16-17-12(18)7-15-11-4-3-10(13)5-9(11)6-14/h3-5,8,15H,2,7H2,1H3. The average molecular weight is 306 g/mol. The van der Waals surface area contributed by atoms with Gasteiger partial charge in [0.25, 0.3) is 0 Å². The first-order valence-corrected chi connectivity index (χ1v) is 6.34. The van der Waals surface area contributed by atoms with Crippen LogP contribution in [0.15, 0.2) is 29.0 Å². The quantitative estimate of drug-likeness (QED) is 0.942. The van der Waals surface area contributed by atoms with Gasteiger partial charge in [0.15, 0.2) is 5.82 Å². The molecule has 1 N–H and O–H groups in total. The van der Waals surface area contributed by atoms with Gasteiger partial charge in [0.05, 0.1) is 17.8 Å². The predicted molar refractivity (Wildman–Crippen MR) is 71.9 cm³/mol. The van der Waals surface area contributed by atoms with Crippen LogP contribution in [0.4, 0.5) is 5.69 Å². The Morgan fingerprint density at radius 1 is 1.50 bits per heavy atom. The van der Waals surface area contributed by atoms with Gasteiger partial charge in [0.2, 0.25) is 0 Å². The van der Waals surface area contributed by atoms with E-state index in [1.165, 1.54) is 0 Å². The van der Waals surface area contributed by atoms with Crippen molar-refractivity contribution < 1.29 is 0 Å². The molecule has 0 unspecified atom stereocenters. The van der Waals surface area contributed by atoms with Crippen molar-refractivity contribution in [3.05, 3.63) is 40.4 Å². The fourth-order valence-corrected chi connectivity index (χ4v) is 1.98. The molecule has 0 amide bonds. The second kappa shape index (κ2) is 5.65. The van der Waals surface area contributed by atoms with E-state index in [0.717, 1.165) is 22.5 Å². The van der Waals surface area contributed by atoms with Crippen molar-refractivity contribution in [3.63, 3.8) is 0 Å². The third-order valence-corrected chi connectivity index (χ3v) is 3.07. The molecular weight excluding hydrogens is 294 g/mol. The van der Waals surface area contributed by atoms with Crippen LogP contribution in [-0.4, -0.2) is 14.8 Å². The van der Waals surface area contributed by atoms with E-state index >= 15 is 0 Å². The normalized spacial score (nSPS) is 10.1. The Bertz CT molecular complexity index is 584. The van der Waals surface area contributed by atoms with Gasteiger partial charge in [-0.15, -0.1) is 10.2 Å². The number of nitrogens with one attached hydrogen (secondary N) is 1. The highest BCUT2D eigenvalue weighted by atomic mass is 79.9. The summed E-state index contributed by atoms with van der Waals surface area (Å²) in [5.74, 6) is 0.851. The van der Waals surface area contributed by atoms with Gasteiger partial charge in [-0.3, -0.25) is 0 Å². The molecule has 5 nitrogen and oxygen atoms in total. The largest absolute Gasteiger partial charge is 0.377 e. The van der Waals surface area contributed by atoms with E-state index in [4.69, 9.17) is 5.26 Å². The van der Waals surface area contributed by atoms with Crippen LogP contribution < -0.4 is 5.32 Å². The summed E-state index contributed by atoms with van der Waals surface area (Å²) in [6.45, 7) is 3.41. The van der Waals surface area contributed by atoms with Crippen LogP contribution in [0.2, 0.25) is 0 Å². The van der Waals surface area contributed by atoms with Crippen molar-refractivity contribution in [1.29, 1.82) is 5.26 Å². The molecule has 1 heterocycles. The van der Waals surface area contributed by atoms with E-state index in [-0.39, 0.29) is 0 Å². The number of nitriles is 1. The van der Waals surface area contributed by atoms with Gasteiger partial charge in [-0.05, 0) is 25.1 Å². The lowest BCUT2D eigenvalue weighted by molar-refractivity contribution is 0.708. The molecule has 0 radical (unpaired) electrons. The first-order chi connectivity index (χ1) is 8.74. The lowest BCUT2D eigenvalue weighted by Crippen LogP contribution is -2.08. The lowest BCUT2D eigenvalue weighted by Gasteiger charge is -2.08. The summed E-state index contributed by atoms with van der Waals surface area (Å²) in [6, 6.07) is 7.71. The topological polar surface area (TPSA) is 66.5 Å². The van der Waals surface area contributed by atoms with Crippen molar-refractivity contribution >= 4 is 21.6 Å². The minimum absolute atomic E-state index is 0.546. The van der Waals surface area contributed by atoms with Gasteiger partial charge in [0.1, 0.15) is 12.4 Å². The molecule has 0 aliphatic rings. The highest BCUT2D eigenvalue weighted by Crippen LogP contribution is 2.20. The zero-order valence-electron chi connectivity index (χ0n) is 9.89. The summed E-state index contributed by atoms with van der Waals surface area (Å²) in [5.41, 5.74) is 1.40. The second-order valence-corrected chi connectivity index (χ2v) is 4.60. The van der Waals surface area contributed by atoms with E-state index in [9.17, 15) is 0 Å². The smallest absolute Gasteiger partial charge is 0.152 e. The van der Waals surface area contributed by atoms with Crippen LogP contribution in [0, 0.1) is 11.3 Å². The van der Waals surface area contributed by atoms with E-state index < -0.39 is 0 Å². The predicted octanol–water partition coefficient (Wildman–Crippen LogP) is 2.54. The number of anilines is 1. The minimum atomic E-state index is 0.546. The third kappa shape index (κ3) is 2.68. The molecule has 92 valence electrons. The molecular formula is C12H12BrN5. The van der Waals surface area contributed by atoms with Gasteiger partial charge >= 0.3 is 0 Å². The van der Waals surface area contributed by atoms with Gasteiger partial charge in [-0.2, -0.15) is 5.26 Å². The summed E-state index contributed by atoms with van der Waals surface area (Å²) < 4.78 is 2.85. The average Bonchev–Trinajstić information content (AvgIpc) is 2.84. The maximum Gasteiger partial charge on any atom is 0.152 e. The number of nitrogens with zero attached hydrogens (tertiary/aromatic N) is 4. The van der Waals surface area contributed by atoms with Gasteiger partial charge in [-0.25, -0.2) is 0 Å². The molecule has 0 aliphatic heterocycles. The highest BCUT2D eigenvalue weighted by molar-refractivity contribution is 9.10. The first kappa shape index (κ1) is 12.6. The van der Waals surface area contributed by atoms with Crippen LogP contribution in [0.3, 0.4) is 0 Å². The number of benzene rings is 1. The van der Waals surface area contributed by atoms with Gasteiger partial charge < -0.3 is 9.88 Å². The molecule has 6 heteroatoms. The van der Waals surface area contributed by atoms with Crippen LogP contribution in [-0.2, 0) is 13.1 Å². The molecule has 0 saturated carbocycles. The Balaban J connectivity index is 2.14. The molecule has 2 aromatic rings. The molecule has 1 aromatic heterocycles. The molecule has 1 aromatic carbocycles. The Hall–Kier alpha value is -1.87. The number of hydrogen-bond donors (Lipinski definition) is 1. The van der Waals surface area contributed by atoms with Crippen LogP contribution >= 0.6 is 15.9 Å². The molecule has 0 fully saturated rings. The van der Waals surface area contributed by atoms with Gasteiger partial charge in [0, 0.05) is 11.0 Å². The van der Waals surface area contributed by atoms with E-state index in [1.54, 1.807) is 12.4 Å². The fraction of sp³-hybridized carbons (Fsp3) is 0.250.